The van der Waals surface area contributed by atoms with Gasteiger partial charge in [0.2, 0.25) is 0 Å². The van der Waals surface area contributed by atoms with E-state index in [-0.39, 0.29) is 6.61 Å². The van der Waals surface area contributed by atoms with Gasteiger partial charge in [-0.3, -0.25) is 19.7 Å². The van der Waals surface area contributed by atoms with Crippen LogP contribution < -0.4 is 0 Å². The van der Waals surface area contributed by atoms with E-state index in [0.717, 1.165) is 22.2 Å². The van der Waals surface area contributed by atoms with Crippen LogP contribution >= 0.6 is 11.3 Å². The zero-order valence-corrected chi connectivity index (χ0v) is 21.2. The van der Waals surface area contributed by atoms with Crippen LogP contribution in [0.5, 0.6) is 0 Å². The Kier molecular flexibility index (Phi) is 7.73. The SMILES string of the molecule is COC(=O)C1C(C)=NC(C)=C(C(=O)OCCN(C)Cc2ccccc2)C1c1csc2ccncc12. The lowest BCUT2D eigenvalue weighted by Gasteiger charge is -2.31. The third kappa shape index (κ3) is 5.33. The first-order chi connectivity index (χ1) is 16.9. The number of methoxy groups -OCH3 is 1. The summed E-state index contributed by atoms with van der Waals surface area (Å²) in [7, 11) is 3.34. The molecule has 35 heavy (non-hydrogen) atoms. The van der Waals surface area contributed by atoms with Crippen molar-refractivity contribution in [2.75, 3.05) is 27.3 Å². The van der Waals surface area contributed by atoms with Crippen molar-refractivity contribution in [1.82, 2.24) is 9.88 Å². The van der Waals surface area contributed by atoms with Crippen LogP contribution in [0.3, 0.4) is 0 Å². The topological polar surface area (TPSA) is 81.1 Å². The molecule has 0 fully saturated rings. The van der Waals surface area contributed by atoms with Crippen molar-refractivity contribution in [3.05, 3.63) is 76.6 Å². The van der Waals surface area contributed by atoms with Gasteiger partial charge in [0.1, 0.15) is 12.5 Å². The van der Waals surface area contributed by atoms with E-state index in [1.54, 1.807) is 37.6 Å². The number of hydrogen-bond acceptors (Lipinski definition) is 8. The Hall–Kier alpha value is -3.36. The average molecular weight is 492 g/mol. The number of carbonyl (C=O) groups is 2. The van der Waals surface area contributed by atoms with Gasteiger partial charge in [0.05, 0.1) is 12.7 Å². The molecule has 2 aromatic heterocycles. The number of rotatable bonds is 8. The lowest BCUT2D eigenvalue weighted by Crippen LogP contribution is -2.36. The van der Waals surface area contributed by atoms with Crippen LogP contribution in [0.4, 0.5) is 0 Å². The summed E-state index contributed by atoms with van der Waals surface area (Å²) in [5.74, 6) is -2.17. The summed E-state index contributed by atoms with van der Waals surface area (Å²) in [6.07, 6.45) is 3.50. The Balaban J connectivity index is 1.58. The fourth-order valence-corrected chi connectivity index (χ4v) is 5.51. The van der Waals surface area contributed by atoms with Crippen molar-refractivity contribution >= 4 is 39.1 Å². The zero-order valence-electron chi connectivity index (χ0n) is 20.4. The van der Waals surface area contributed by atoms with Crippen molar-refractivity contribution in [2.45, 2.75) is 26.3 Å². The molecule has 1 aliphatic rings. The Bertz CT molecular complexity index is 1280. The van der Waals surface area contributed by atoms with Crippen LogP contribution in [-0.2, 0) is 25.6 Å². The summed E-state index contributed by atoms with van der Waals surface area (Å²) >= 11 is 1.55. The predicted molar refractivity (Wildman–Crippen MR) is 137 cm³/mol. The number of fused-ring (bicyclic) bond motifs is 1. The summed E-state index contributed by atoms with van der Waals surface area (Å²) in [4.78, 5) is 37.2. The van der Waals surface area contributed by atoms with E-state index in [1.165, 1.54) is 12.7 Å². The molecule has 2 unspecified atom stereocenters. The standard InChI is InChI=1S/C27H29N3O4S/c1-17-23(26(31)33-4)25(21-16-35-22-10-11-28-14-20(21)22)24(18(2)29-17)27(32)34-13-12-30(3)15-19-8-6-5-7-9-19/h5-11,14,16,23,25H,12-13,15H2,1-4H3. The molecular formula is C27H29N3O4S. The van der Waals surface area contributed by atoms with E-state index in [4.69, 9.17) is 9.47 Å². The van der Waals surface area contributed by atoms with Gasteiger partial charge in [-0.25, -0.2) is 4.79 Å². The molecule has 0 aliphatic carbocycles. The minimum absolute atomic E-state index is 0.225. The molecule has 0 saturated carbocycles. The van der Waals surface area contributed by atoms with Crippen LogP contribution in [-0.4, -0.2) is 54.8 Å². The van der Waals surface area contributed by atoms with E-state index >= 15 is 0 Å². The molecule has 8 heteroatoms. The van der Waals surface area contributed by atoms with E-state index in [1.807, 2.05) is 36.7 Å². The van der Waals surface area contributed by atoms with Crippen LogP contribution in [0.25, 0.3) is 10.1 Å². The number of aliphatic imine (C=N–C) groups is 1. The van der Waals surface area contributed by atoms with Gasteiger partial charge in [-0.1, -0.05) is 30.3 Å². The van der Waals surface area contributed by atoms with Gasteiger partial charge >= 0.3 is 11.9 Å². The Morgan fingerprint density at radius 3 is 2.66 bits per heavy atom. The average Bonchev–Trinajstić information content (AvgIpc) is 3.27. The fraction of sp³-hybridized carbons (Fsp3) is 0.333. The fourth-order valence-electron chi connectivity index (χ4n) is 4.55. The maximum absolute atomic E-state index is 13.4. The predicted octanol–water partition coefficient (Wildman–Crippen LogP) is 4.59. The second-order valence-corrected chi connectivity index (χ2v) is 9.56. The lowest BCUT2D eigenvalue weighted by molar-refractivity contribution is -0.144. The number of pyridine rings is 1. The van der Waals surface area contributed by atoms with Gasteiger partial charge in [-0.05, 0) is 43.5 Å². The van der Waals surface area contributed by atoms with E-state index in [0.29, 0.717) is 23.5 Å². The molecule has 1 aliphatic heterocycles. The number of nitrogens with zero attached hydrogens (tertiary/aromatic N) is 3. The number of esters is 2. The molecular weight excluding hydrogens is 462 g/mol. The van der Waals surface area contributed by atoms with Crippen LogP contribution in [0.15, 0.2) is 70.4 Å². The number of allylic oxidation sites excluding steroid dienone is 1. The van der Waals surface area contributed by atoms with E-state index < -0.39 is 23.8 Å². The highest BCUT2D eigenvalue weighted by Gasteiger charge is 2.43. The first-order valence-electron chi connectivity index (χ1n) is 11.4. The van der Waals surface area contributed by atoms with Gasteiger partial charge < -0.3 is 9.47 Å². The van der Waals surface area contributed by atoms with Crippen LogP contribution in [0.2, 0.25) is 0 Å². The van der Waals surface area contributed by atoms with Gasteiger partial charge in [-0.15, -0.1) is 11.3 Å². The summed E-state index contributed by atoms with van der Waals surface area (Å²) in [5.41, 5.74) is 3.60. The van der Waals surface area contributed by atoms with E-state index in [2.05, 4.69) is 27.0 Å². The Morgan fingerprint density at radius 1 is 1.14 bits per heavy atom. The second kappa shape index (κ2) is 10.9. The molecule has 2 atom stereocenters. The molecule has 0 bridgehead atoms. The van der Waals surface area contributed by atoms with Crippen LogP contribution in [0, 0.1) is 5.92 Å². The number of ether oxygens (including phenoxy) is 2. The Morgan fingerprint density at radius 2 is 1.91 bits per heavy atom. The zero-order chi connectivity index (χ0) is 24.9. The van der Waals surface area contributed by atoms with Gasteiger partial charge in [0, 0.05) is 52.9 Å². The monoisotopic (exact) mass is 491 g/mol. The number of benzene rings is 1. The molecule has 3 heterocycles. The molecule has 1 aromatic carbocycles. The lowest BCUT2D eigenvalue weighted by atomic mass is 9.75. The molecule has 7 nitrogen and oxygen atoms in total. The summed E-state index contributed by atoms with van der Waals surface area (Å²) in [6.45, 7) is 5.14. The number of thiophene rings is 1. The van der Waals surface area contributed by atoms with Gasteiger partial charge in [0.25, 0.3) is 0 Å². The minimum atomic E-state index is -0.718. The smallest absolute Gasteiger partial charge is 0.336 e. The largest absolute Gasteiger partial charge is 0.468 e. The van der Waals surface area contributed by atoms with Crippen molar-refractivity contribution in [1.29, 1.82) is 0 Å². The third-order valence-corrected chi connectivity index (χ3v) is 7.23. The molecule has 182 valence electrons. The number of likely N-dealkylation sites (N-methyl/N-ethyl adjacent to an activating group) is 1. The van der Waals surface area contributed by atoms with Crippen molar-refractivity contribution < 1.29 is 19.1 Å². The van der Waals surface area contributed by atoms with Gasteiger partial charge in [-0.2, -0.15) is 0 Å². The highest BCUT2D eigenvalue weighted by molar-refractivity contribution is 7.17. The normalized spacial score (nSPS) is 18.0. The van der Waals surface area contributed by atoms with Gasteiger partial charge in [0.15, 0.2) is 0 Å². The third-order valence-electron chi connectivity index (χ3n) is 6.24. The maximum atomic E-state index is 13.4. The molecule has 4 rings (SSSR count). The summed E-state index contributed by atoms with van der Waals surface area (Å²) < 4.78 is 11.9. The second-order valence-electron chi connectivity index (χ2n) is 8.65. The first-order valence-corrected chi connectivity index (χ1v) is 12.3. The number of carbonyl (C=O) groups excluding carboxylic acids is 2. The molecule has 0 saturated heterocycles. The molecule has 0 radical (unpaired) electrons. The van der Waals surface area contributed by atoms with Crippen molar-refractivity contribution in [3.63, 3.8) is 0 Å². The number of aromatic nitrogens is 1. The molecule has 3 aromatic rings. The number of hydrogen-bond donors (Lipinski definition) is 0. The Labute approximate surface area is 209 Å². The molecule has 0 spiro atoms. The minimum Gasteiger partial charge on any atom is -0.468 e. The van der Waals surface area contributed by atoms with Crippen molar-refractivity contribution in [3.8, 4) is 0 Å². The highest BCUT2D eigenvalue weighted by atomic mass is 32.1. The van der Waals surface area contributed by atoms with Crippen molar-refractivity contribution in [2.24, 2.45) is 10.9 Å². The molecule has 0 amide bonds. The first kappa shape index (κ1) is 24.8. The van der Waals surface area contributed by atoms with Crippen LogP contribution in [0.1, 0.15) is 30.9 Å². The maximum Gasteiger partial charge on any atom is 0.336 e. The summed E-state index contributed by atoms with van der Waals surface area (Å²) in [6, 6.07) is 12.1. The highest BCUT2D eigenvalue weighted by Crippen LogP contribution is 2.44. The molecule has 0 N–H and O–H groups in total. The van der Waals surface area contributed by atoms with E-state index in [9.17, 15) is 9.59 Å². The quantitative estimate of drug-likeness (QED) is 0.429. The summed E-state index contributed by atoms with van der Waals surface area (Å²) in [5, 5.41) is 2.89.